The molecule has 1 aromatic heterocycles. The van der Waals surface area contributed by atoms with Crippen LogP contribution in [0.5, 0.6) is 0 Å². The molecule has 1 aromatic carbocycles. The zero-order chi connectivity index (χ0) is 18.6. The minimum absolute atomic E-state index is 0.395. The van der Waals surface area contributed by atoms with E-state index in [4.69, 9.17) is 0 Å². The normalized spacial score (nSPS) is 16.2. The summed E-state index contributed by atoms with van der Waals surface area (Å²) in [5.74, 6) is 0. The molecule has 5 nitrogen and oxygen atoms in total. The molecule has 0 saturated carbocycles. The van der Waals surface area contributed by atoms with Crippen molar-refractivity contribution in [3.63, 3.8) is 0 Å². The van der Waals surface area contributed by atoms with Crippen molar-refractivity contribution in [3.05, 3.63) is 46.8 Å². The van der Waals surface area contributed by atoms with Gasteiger partial charge in [0.2, 0.25) is 10.0 Å². The van der Waals surface area contributed by atoms with E-state index in [9.17, 15) is 8.42 Å². The van der Waals surface area contributed by atoms with E-state index in [-0.39, 0.29) is 0 Å². The molecule has 1 saturated heterocycles. The molecule has 1 aliphatic rings. The van der Waals surface area contributed by atoms with E-state index in [0.29, 0.717) is 10.8 Å². The molecule has 142 valence electrons. The molecule has 0 aliphatic carbocycles. The molecule has 2 heterocycles. The van der Waals surface area contributed by atoms with Crippen LogP contribution in [-0.2, 0) is 16.4 Å². The van der Waals surface area contributed by atoms with Gasteiger partial charge in [-0.2, -0.15) is 0 Å². The molecule has 1 fully saturated rings. The summed E-state index contributed by atoms with van der Waals surface area (Å²) in [7, 11) is -1.20. The van der Waals surface area contributed by atoms with Crippen molar-refractivity contribution in [2.75, 3.05) is 44.7 Å². The third-order valence-electron chi connectivity index (χ3n) is 4.72. The van der Waals surface area contributed by atoms with Gasteiger partial charge in [0.1, 0.15) is 4.21 Å². The topological polar surface area (TPSA) is 52.7 Å². The second kappa shape index (κ2) is 8.52. The third kappa shape index (κ3) is 5.07. The second-order valence-corrected chi connectivity index (χ2v) is 10.1. The summed E-state index contributed by atoms with van der Waals surface area (Å²) in [5, 5.41) is 0. The lowest BCUT2D eigenvalue weighted by atomic mass is 10.1. The summed E-state index contributed by atoms with van der Waals surface area (Å²) in [6.45, 7) is 6.71. The first-order chi connectivity index (χ1) is 12.4. The number of rotatable bonds is 7. The Labute approximate surface area is 160 Å². The SMILES string of the molecule is Cc1ccc(S(=O)(=O)NCCCc2ccc(N3CCN(C)CC3)cc2)s1. The Bertz CT molecular complexity index is 808. The molecule has 26 heavy (non-hydrogen) atoms. The fourth-order valence-electron chi connectivity index (χ4n) is 3.06. The average Bonchev–Trinajstić information content (AvgIpc) is 3.07. The van der Waals surface area contributed by atoms with E-state index in [0.717, 1.165) is 43.9 Å². The fraction of sp³-hybridized carbons (Fsp3) is 0.474. The van der Waals surface area contributed by atoms with Crippen LogP contribution in [0.1, 0.15) is 16.9 Å². The number of nitrogens with one attached hydrogen (secondary N) is 1. The Hall–Kier alpha value is -1.41. The molecule has 0 radical (unpaired) electrons. The van der Waals surface area contributed by atoms with Crippen LogP contribution in [0.2, 0.25) is 0 Å². The van der Waals surface area contributed by atoms with Crippen LogP contribution in [0.3, 0.4) is 0 Å². The first kappa shape index (κ1) is 19.4. The number of hydrogen-bond donors (Lipinski definition) is 1. The van der Waals surface area contributed by atoms with Gasteiger partial charge in [-0.25, -0.2) is 13.1 Å². The van der Waals surface area contributed by atoms with Crippen molar-refractivity contribution in [1.82, 2.24) is 9.62 Å². The maximum Gasteiger partial charge on any atom is 0.250 e. The van der Waals surface area contributed by atoms with Crippen LogP contribution in [-0.4, -0.2) is 53.1 Å². The van der Waals surface area contributed by atoms with Gasteiger partial charge in [0, 0.05) is 43.3 Å². The highest BCUT2D eigenvalue weighted by atomic mass is 32.2. The van der Waals surface area contributed by atoms with Gasteiger partial charge < -0.3 is 9.80 Å². The van der Waals surface area contributed by atoms with Crippen LogP contribution in [0.4, 0.5) is 5.69 Å². The molecule has 0 amide bonds. The first-order valence-electron chi connectivity index (χ1n) is 9.02. The minimum Gasteiger partial charge on any atom is -0.369 e. The molecule has 0 unspecified atom stereocenters. The summed E-state index contributed by atoms with van der Waals surface area (Å²) in [6.07, 6.45) is 1.66. The lowest BCUT2D eigenvalue weighted by molar-refractivity contribution is 0.313. The van der Waals surface area contributed by atoms with Crippen LogP contribution >= 0.6 is 11.3 Å². The average molecular weight is 394 g/mol. The molecule has 0 spiro atoms. The van der Waals surface area contributed by atoms with Crippen molar-refractivity contribution in [1.29, 1.82) is 0 Å². The number of hydrogen-bond acceptors (Lipinski definition) is 5. The lowest BCUT2D eigenvalue weighted by Crippen LogP contribution is -2.44. The Morgan fingerprint density at radius 3 is 2.35 bits per heavy atom. The number of benzene rings is 1. The van der Waals surface area contributed by atoms with E-state index < -0.39 is 10.0 Å². The number of thiophene rings is 1. The van der Waals surface area contributed by atoms with Gasteiger partial charge in [0.25, 0.3) is 0 Å². The number of piperazine rings is 1. The predicted octanol–water partition coefficient (Wildman–Crippen LogP) is 2.72. The largest absolute Gasteiger partial charge is 0.369 e. The van der Waals surface area contributed by atoms with Crippen molar-refractivity contribution >= 4 is 27.0 Å². The number of sulfonamides is 1. The van der Waals surface area contributed by atoms with Gasteiger partial charge >= 0.3 is 0 Å². The van der Waals surface area contributed by atoms with E-state index in [1.54, 1.807) is 6.07 Å². The monoisotopic (exact) mass is 393 g/mol. The predicted molar refractivity (Wildman–Crippen MR) is 109 cm³/mol. The highest BCUT2D eigenvalue weighted by Gasteiger charge is 2.15. The fourth-order valence-corrected chi connectivity index (χ4v) is 5.47. The van der Waals surface area contributed by atoms with Crippen LogP contribution in [0.15, 0.2) is 40.6 Å². The number of anilines is 1. The molecule has 2 aromatic rings. The summed E-state index contributed by atoms with van der Waals surface area (Å²) in [4.78, 5) is 5.77. The maximum atomic E-state index is 12.2. The summed E-state index contributed by atoms with van der Waals surface area (Å²) >= 11 is 1.31. The number of aryl methyl sites for hydroxylation is 2. The Kier molecular flexibility index (Phi) is 6.34. The number of nitrogens with zero attached hydrogens (tertiary/aromatic N) is 2. The molecule has 3 rings (SSSR count). The smallest absolute Gasteiger partial charge is 0.250 e. The maximum absolute atomic E-state index is 12.2. The summed E-state index contributed by atoms with van der Waals surface area (Å²) < 4.78 is 27.5. The Morgan fingerprint density at radius 2 is 1.73 bits per heavy atom. The van der Waals surface area contributed by atoms with Crippen LogP contribution < -0.4 is 9.62 Å². The Morgan fingerprint density at radius 1 is 1.04 bits per heavy atom. The molecule has 0 atom stereocenters. The summed E-state index contributed by atoms with van der Waals surface area (Å²) in [6, 6.07) is 12.2. The lowest BCUT2D eigenvalue weighted by Gasteiger charge is -2.34. The molecule has 0 bridgehead atoms. The zero-order valence-electron chi connectivity index (χ0n) is 15.4. The zero-order valence-corrected chi connectivity index (χ0v) is 17.1. The van der Waals surface area contributed by atoms with Gasteiger partial charge in [-0.3, -0.25) is 0 Å². The van der Waals surface area contributed by atoms with E-state index in [2.05, 4.69) is 45.8 Å². The van der Waals surface area contributed by atoms with Gasteiger partial charge in [-0.15, -0.1) is 11.3 Å². The molecule has 1 N–H and O–H groups in total. The molecule has 1 aliphatic heterocycles. The van der Waals surface area contributed by atoms with Crippen LogP contribution in [0.25, 0.3) is 0 Å². The van der Waals surface area contributed by atoms with Crippen molar-refractivity contribution < 1.29 is 8.42 Å². The van der Waals surface area contributed by atoms with Gasteiger partial charge in [0.05, 0.1) is 0 Å². The van der Waals surface area contributed by atoms with E-state index in [1.165, 1.54) is 22.6 Å². The van der Waals surface area contributed by atoms with E-state index in [1.807, 2.05) is 13.0 Å². The van der Waals surface area contributed by atoms with Gasteiger partial charge in [0.15, 0.2) is 0 Å². The standard InChI is InChI=1S/C19H27N3O2S2/c1-16-5-10-19(25-16)26(23,24)20-11-3-4-17-6-8-18(9-7-17)22-14-12-21(2)13-15-22/h5-10,20H,3-4,11-15H2,1-2H3. The second-order valence-electron chi connectivity index (χ2n) is 6.82. The molecular formula is C19H27N3O2S2. The molecule has 7 heteroatoms. The quantitative estimate of drug-likeness (QED) is 0.735. The third-order valence-corrected chi connectivity index (χ3v) is 7.67. The van der Waals surface area contributed by atoms with Crippen molar-refractivity contribution in [3.8, 4) is 0 Å². The summed E-state index contributed by atoms with van der Waals surface area (Å²) in [5.41, 5.74) is 2.52. The van der Waals surface area contributed by atoms with Gasteiger partial charge in [-0.1, -0.05) is 12.1 Å². The van der Waals surface area contributed by atoms with E-state index >= 15 is 0 Å². The van der Waals surface area contributed by atoms with Crippen molar-refractivity contribution in [2.24, 2.45) is 0 Å². The molecular weight excluding hydrogens is 366 g/mol. The van der Waals surface area contributed by atoms with Crippen molar-refractivity contribution in [2.45, 2.75) is 24.0 Å². The van der Waals surface area contributed by atoms with Crippen LogP contribution in [0, 0.1) is 6.92 Å². The minimum atomic E-state index is -3.36. The first-order valence-corrected chi connectivity index (χ1v) is 11.3. The highest BCUT2D eigenvalue weighted by Crippen LogP contribution is 2.20. The Balaban J connectivity index is 1.45. The van der Waals surface area contributed by atoms with Gasteiger partial charge in [-0.05, 0) is 56.6 Å². The highest BCUT2D eigenvalue weighted by molar-refractivity contribution is 7.91. The number of likely N-dealkylation sites (N-methyl/N-ethyl adjacent to an activating group) is 1.